The van der Waals surface area contributed by atoms with Crippen molar-refractivity contribution >= 4 is 17.5 Å². The predicted octanol–water partition coefficient (Wildman–Crippen LogP) is 2.20. The van der Waals surface area contributed by atoms with E-state index in [1.165, 1.54) is 6.07 Å². The second kappa shape index (κ2) is 6.23. The molecule has 2 fully saturated rings. The lowest BCUT2D eigenvalue weighted by molar-refractivity contribution is -0.138. The summed E-state index contributed by atoms with van der Waals surface area (Å²) in [6, 6.07) is 3.34. The quantitative estimate of drug-likeness (QED) is 0.835. The number of carbonyl (C=O) groups excluding carboxylic acids is 2. The number of piperidine rings is 1. The number of hydrazine groups is 1. The van der Waals surface area contributed by atoms with Crippen LogP contribution in [0.25, 0.3) is 0 Å². The summed E-state index contributed by atoms with van der Waals surface area (Å²) in [7, 11) is 0. The smallest absolute Gasteiger partial charge is 0.249 e. The topological polar surface area (TPSA) is 61.4 Å². The first kappa shape index (κ1) is 15.9. The normalized spacial score (nSPS) is 19.9. The molecule has 0 bridgehead atoms. The average molecular weight is 323 g/mol. The van der Waals surface area contributed by atoms with Crippen LogP contribution in [0.2, 0.25) is 0 Å². The fourth-order valence-electron chi connectivity index (χ4n) is 2.79. The molecule has 2 N–H and O–H groups in total. The number of hydrogen-bond acceptors (Lipinski definition) is 3. The molecule has 1 aromatic carbocycles. The maximum atomic E-state index is 13.6. The molecule has 124 valence electrons. The Kier molecular flexibility index (Phi) is 4.30. The van der Waals surface area contributed by atoms with Crippen LogP contribution in [0.4, 0.5) is 14.5 Å². The fourth-order valence-corrected chi connectivity index (χ4v) is 2.79. The van der Waals surface area contributed by atoms with E-state index in [0.29, 0.717) is 12.8 Å². The molecule has 0 atom stereocenters. The summed E-state index contributed by atoms with van der Waals surface area (Å²) >= 11 is 0. The minimum absolute atomic E-state index is 0.384. The SMILES string of the molecule is O=C(Nc1c(F)cccc1F)C1(C(=O)NN2CCCCC2)CC1. The van der Waals surface area contributed by atoms with Crippen LogP contribution < -0.4 is 10.7 Å². The predicted molar refractivity (Wildman–Crippen MR) is 80.2 cm³/mol. The van der Waals surface area contributed by atoms with Gasteiger partial charge in [-0.15, -0.1) is 0 Å². The molecule has 1 aromatic rings. The van der Waals surface area contributed by atoms with Gasteiger partial charge in [0.15, 0.2) is 0 Å². The van der Waals surface area contributed by atoms with Gasteiger partial charge in [-0.3, -0.25) is 15.0 Å². The van der Waals surface area contributed by atoms with Crippen molar-refractivity contribution in [2.75, 3.05) is 18.4 Å². The van der Waals surface area contributed by atoms with Gasteiger partial charge in [-0.1, -0.05) is 12.5 Å². The zero-order valence-electron chi connectivity index (χ0n) is 12.7. The molecule has 1 saturated heterocycles. The highest BCUT2D eigenvalue weighted by Crippen LogP contribution is 2.47. The van der Waals surface area contributed by atoms with E-state index in [1.54, 1.807) is 0 Å². The van der Waals surface area contributed by atoms with Crippen LogP contribution >= 0.6 is 0 Å². The lowest BCUT2D eigenvalue weighted by Gasteiger charge is -2.28. The second-order valence-electron chi connectivity index (χ2n) is 6.12. The van der Waals surface area contributed by atoms with Crippen molar-refractivity contribution < 1.29 is 18.4 Å². The van der Waals surface area contributed by atoms with Gasteiger partial charge in [-0.05, 0) is 37.8 Å². The molecule has 0 spiro atoms. The zero-order valence-corrected chi connectivity index (χ0v) is 12.7. The molecule has 1 saturated carbocycles. The van der Waals surface area contributed by atoms with Crippen molar-refractivity contribution in [2.45, 2.75) is 32.1 Å². The summed E-state index contributed by atoms with van der Waals surface area (Å²) < 4.78 is 27.3. The van der Waals surface area contributed by atoms with Gasteiger partial charge in [0.25, 0.3) is 0 Å². The van der Waals surface area contributed by atoms with Gasteiger partial charge >= 0.3 is 0 Å². The first-order valence-electron chi connectivity index (χ1n) is 7.84. The van der Waals surface area contributed by atoms with Gasteiger partial charge < -0.3 is 5.32 Å². The van der Waals surface area contributed by atoms with Gasteiger partial charge in [0.1, 0.15) is 22.7 Å². The fraction of sp³-hybridized carbons (Fsp3) is 0.500. The minimum atomic E-state index is -1.22. The molecule has 1 aliphatic heterocycles. The summed E-state index contributed by atoms with van der Waals surface area (Å²) in [4.78, 5) is 24.8. The Hall–Kier alpha value is -2.02. The van der Waals surface area contributed by atoms with Crippen molar-refractivity contribution in [3.8, 4) is 0 Å². The molecule has 23 heavy (non-hydrogen) atoms. The van der Waals surface area contributed by atoms with Crippen LogP contribution in [0.5, 0.6) is 0 Å². The Morgan fingerprint density at radius 3 is 2.17 bits per heavy atom. The third kappa shape index (κ3) is 3.19. The van der Waals surface area contributed by atoms with Crippen molar-refractivity contribution in [3.05, 3.63) is 29.8 Å². The lowest BCUT2D eigenvalue weighted by Crippen LogP contribution is -2.50. The third-order valence-electron chi connectivity index (χ3n) is 4.44. The largest absolute Gasteiger partial charge is 0.320 e. The standard InChI is InChI=1S/C16H19F2N3O2/c17-11-5-4-6-12(18)13(11)19-14(22)16(7-8-16)15(23)20-21-9-2-1-3-10-21/h4-6H,1-3,7-10H2,(H,19,22)(H,20,23). The van der Waals surface area contributed by atoms with E-state index in [4.69, 9.17) is 0 Å². The number of nitrogens with zero attached hydrogens (tertiary/aromatic N) is 1. The summed E-state index contributed by atoms with van der Waals surface area (Å²) in [6.07, 6.45) is 3.90. The number of nitrogens with one attached hydrogen (secondary N) is 2. The number of hydrogen-bond donors (Lipinski definition) is 2. The van der Waals surface area contributed by atoms with E-state index in [9.17, 15) is 18.4 Å². The number of carbonyl (C=O) groups is 2. The third-order valence-corrected chi connectivity index (χ3v) is 4.44. The molecule has 1 heterocycles. The Labute approximate surface area is 133 Å². The maximum Gasteiger partial charge on any atom is 0.249 e. The molecule has 3 rings (SSSR count). The highest BCUT2D eigenvalue weighted by Gasteiger charge is 2.57. The van der Waals surface area contributed by atoms with E-state index < -0.39 is 34.6 Å². The lowest BCUT2D eigenvalue weighted by atomic mass is 10.1. The Morgan fingerprint density at radius 2 is 1.61 bits per heavy atom. The van der Waals surface area contributed by atoms with Gasteiger partial charge in [-0.25, -0.2) is 13.8 Å². The molecular formula is C16H19F2N3O2. The van der Waals surface area contributed by atoms with Gasteiger partial charge in [-0.2, -0.15) is 0 Å². The summed E-state index contributed by atoms with van der Waals surface area (Å²) in [5.74, 6) is -2.76. The molecule has 0 unspecified atom stereocenters. The van der Waals surface area contributed by atoms with Crippen LogP contribution in [0, 0.1) is 17.0 Å². The van der Waals surface area contributed by atoms with Crippen molar-refractivity contribution in [3.63, 3.8) is 0 Å². The second-order valence-corrected chi connectivity index (χ2v) is 6.12. The molecule has 1 aliphatic carbocycles. The zero-order chi connectivity index (χ0) is 16.4. The number of para-hydroxylation sites is 1. The summed E-state index contributed by atoms with van der Waals surface area (Å²) in [5.41, 5.74) is 1.04. The first-order chi connectivity index (χ1) is 11.0. The molecule has 0 aromatic heterocycles. The van der Waals surface area contributed by atoms with Crippen LogP contribution in [-0.2, 0) is 9.59 Å². The monoisotopic (exact) mass is 323 g/mol. The minimum Gasteiger partial charge on any atom is -0.320 e. The van der Waals surface area contributed by atoms with E-state index >= 15 is 0 Å². The number of amides is 2. The molecule has 2 aliphatic rings. The van der Waals surface area contributed by atoms with Crippen LogP contribution in [-0.4, -0.2) is 29.9 Å². The highest BCUT2D eigenvalue weighted by molar-refractivity contribution is 6.13. The number of anilines is 1. The van der Waals surface area contributed by atoms with E-state index in [1.807, 2.05) is 5.01 Å². The maximum absolute atomic E-state index is 13.6. The van der Waals surface area contributed by atoms with Crippen LogP contribution in [0.3, 0.4) is 0 Å². The Morgan fingerprint density at radius 1 is 1.00 bits per heavy atom. The first-order valence-corrected chi connectivity index (χ1v) is 7.84. The molecule has 2 amide bonds. The molecular weight excluding hydrogens is 304 g/mol. The van der Waals surface area contributed by atoms with Crippen molar-refractivity contribution in [2.24, 2.45) is 5.41 Å². The summed E-state index contributed by atoms with van der Waals surface area (Å²) in [5, 5.41) is 4.04. The number of halogens is 2. The van der Waals surface area contributed by atoms with Gasteiger partial charge in [0.2, 0.25) is 11.8 Å². The highest BCUT2D eigenvalue weighted by atomic mass is 19.1. The Balaban J connectivity index is 1.67. The van der Waals surface area contributed by atoms with Crippen molar-refractivity contribution in [1.82, 2.24) is 10.4 Å². The van der Waals surface area contributed by atoms with Crippen LogP contribution in [0.1, 0.15) is 32.1 Å². The van der Waals surface area contributed by atoms with Crippen LogP contribution in [0.15, 0.2) is 18.2 Å². The molecule has 5 nitrogen and oxygen atoms in total. The number of rotatable bonds is 4. The number of benzene rings is 1. The van der Waals surface area contributed by atoms with Crippen molar-refractivity contribution in [1.29, 1.82) is 0 Å². The average Bonchev–Trinajstić information content (AvgIpc) is 3.34. The molecule has 0 radical (unpaired) electrons. The van der Waals surface area contributed by atoms with E-state index in [2.05, 4.69) is 10.7 Å². The van der Waals surface area contributed by atoms with Gasteiger partial charge in [0.05, 0.1) is 0 Å². The van der Waals surface area contributed by atoms with Gasteiger partial charge in [0, 0.05) is 13.1 Å². The summed E-state index contributed by atoms with van der Waals surface area (Å²) in [6.45, 7) is 1.51. The molecule has 7 heteroatoms. The Bertz CT molecular complexity index is 606. The van der Waals surface area contributed by atoms with E-state index in [0.717, 1.165) is 44.5 Å². The van der Waals surface area contributed by atoms with E-state index in [-0.39, 0.29) is 0 Å².